The molecular weight excluding hydrogens is 234 g/mol. The molecule has 0 aliphatic heterocycles. The number of benzene rings is 1. The number of rotatable bonds is 9. The summed E-state index contributed by atoms with van der Waals surface area (Å²) in [5.74, 6) is 1.66. The van der Waals surface area contributed by atoms with Crippen molar-refractivity contribution in [1.29, 1.82) is 0 Å². The van der Waals surface area contributed by atoms with E-state index in [0.717, 1.165) is 25.3 Å². The molecule has 0 aliphatic rings. The average Bonchev–Trinajstić information content (AvgIpc) is 2.46. The quantitative estimate of drug-likeness (QED) is 0.705. The second kappa shape index (κ2) is 8.98. The van der Waals surface area contributed by atoms with Gasteiger partial charge in [-0.3, -0.25) is 0 Å². The van der Waals surface area contributed by atoms with Crippen molar-refractivity contribution in [3.8, 4) is 5.75 Å². The summed E-state index contributed by atoms with van der Waals surface area (Å²) in [6.45, 7) is 10.7. The fourth-order valence-corrected chi connectivity index (χ4v) is 2.09. The highest BCUT2D eigenvalue weighted by atomic mass is 16.5. The summed E-state index contributed by atoms with van der Waals surface area (Å²) in [5, 5.41) is 3.51. The maximum absolute atomic E-state index is 5.92. The van der Waals surface area contributed by atoms with Gasteiger partial charge in [-0.05, 0) is 43.5 Å². The molecule has 19 heavy (non-hydrogen) atoms. The topological polar surface area (TPSA) is 21.3 Å². The van der Waals surface area contributed by atoms with Crippen molar-refractivity contribution in [2.45, 2.75) is 53.0 Å². The zero-order valence-corrected chi connectivity index (χ0v) is 12.9. The van der Waals surface area contributed by atoms with Crippen LogP contribution in [0.2, 0.25) is 0 Å². The lowest BCUT2D eigenvalue weighted by Gasteiger charge is -2.17. The van der Waals surface area contributed by atoms with Crippen LogP contribution in [0.25, 0.3) is 0 Å². The molecule has 2 nitrogen and oxygen atoms in total. The maximum Gasteiger partial charge on any atom is 0.119 e. The van der Waals surface area contributed by atoms with E-state index in [4.69, 9.17) is 4.74 Å². The summed E-state index contributed by atoms with van der Waals surface area (Å²) in [7, 11) is 0. The smallest absolute Gasteiger partial charge is 0.119 e. The molecule has 0 aliphatic carbocycles. The average molecular weight is 263 g/mol. The highest BCUT2D eigenvalue weighted by Crippen LogP contribution is 2.20. The van der Waals surface area contributed by atoms with E-state index in [1.54, 1.807) is 0 Å². The van der Waals surface area contributed by atoms with Gasteiger partial charge in [0.15, 0.2) is 0 Å². The zero-order valence-electron chi connectivity index (χ0n) is 12.9. The van der Waals surface area contributed by atoms with Gasteiger partial charge in [-0.15, -0.1) is 0 Å². The molecular formula is C17H29NO. The van der Waals surface area contributed by atoms with Gasteiger partial charge in [0.25, 0.3) is 0 Å². The lowest BCUT2D eigenvalue weighted by molar-refractivity contribution is 0.240. The van der Waals surface area contributed by atoms with E-state index >= 15 is 0 Å². The van der Waals surface area contributed by atoms with Gasteiger partial charge in [0, 0.05) is 6.04 Å². The van der Waals surface area contributed by atoms with Crippen molar-refractivity contribution in [3.63, 3.8) is 0 Å². The molecule has 0 amide bonds. The zero-order chi connectivity index (χ0) is 14.1. The number of hydrogen-bond donors (Lipinski definition) is 1. The van der Waals surface area contributed by atoms with Crippen LogP contribution in [-0.4, -0.2) is 13.2 Å². The van der Waals surface area contributed by atoms with E-state index < -0.39 is 0 Å². The Hall–Kier alpha value is -1.02. The highest BCUT2D eigenvalue weighted by Gasteiger charge is 2.07. The Morgan fingerprint density at radius 1 is 1.16 bits per heavy atom. The van der Waals surface area contributed by atoms with Crippen LogP contribution in [0.4, 0.5) is 0 Å². The van der Waals surface area contributed by atoms with Crippen LogP contribution < -0.4 is 10.1 Å². The van der Waals surface area contributed by atoms with Crippen LogP contribution in [0, 0.1) is 5.92 Å². The minimum atomic E-state index is 0.386. The van der Waals surface area contributed by atoms with Gasteiger partial charge in [0.05, 0.1) is 6.61 Å². The predicted molar refractivity (Wildman–Crippen MR) is 82.7 cm³/mol. The summed E-state index contributed by atoms with van der Waals surface area (Å²) in [6, 6.07) is 8.85. The fraction of sp³-hybridized carbons (Fsp3) is 0.647. The minimum absolute atomic E-state index is 0.386. The third-order valence-corrected chi connectivity index (χ3v) is 3.70. The van der Waals surface area contributed by atoms with Crippen molar-refractivity contribution in [3.05, 3.63) is 29.8 Å². The molecule has 1 unspecified atom stereocenters. The minimum Gasteiger partial charge on any atom is -0.493 e. The molecule has 0 radical (unpaired) electrons. The maximum atomic E-state index is 5.92. The van der Waals surface area contributed by atoms with E-state index in [0.29, 0.717) is 12.0 Å². The summed E-state index contributed by atoms with van der Waals surface area (Å²) in [4.78, 5) is 0. The number of ether oxygens (including phenoxy) is 1. The normalized spacial score (nSPS) is 12.7. The summed E-state index contributed by atoms with van der Waals surface area (Å²) < 4.78 is 5.92. The van der Waals surface area contributed by atoms with Crippen molar-refractivity contribution in [2.24, 2.45) is 5.92 Å². The first-order chi connectivity index (χ1) is 9.21. The van der Waals surface area contributed by atoms with Gasteiger partial charge in [0.1, 0.15) is 5.75 Å². The van der Waals surface area contributed by atoms with Crippen molar-refractivity contribution >= 4 is 0 Å². The van der Waals surface area contributed by atoms with E-state index in [2.05, 4.69) is 57.3 Å². The van der Waals surface area contributed by atoms with E-state index in [-0.39, 0.29) is 0 Å². The summed E-state index contributed by atoms with van der Waals surface area (Å²) >= 11 is 0. The third-order valence-electron chi connectivity index (χ3n) is 3.70. The molecule has 0 fully saturated rings. The Kier molecular flexibility index (Phi) is 7.57. The second-order valence-electron chi connectivity index (χ2n) is 5.24. The van der Waals surface area contributed by atoms with Crippen LogP contribution >= 0.6 is 0 Å². The SMILES string of the molecule is CCCNC(C)c1cccc(OCC(CC)CC)c1. The molecule has 1 aromatic carbocycles. The van der Waals surface area contributed by atoms with Gasteiger partial charge in [0.2, 0.25) is 0 Å². The van der Waals surface area contributed by atoms with Crippen LogP contribution in [0.15, 0.2) is 24.3 Å². The van der Waals surface area contributed by atoms with E-state index in [1.807, 2.05) is 0 Å². The molecule has 0 aromatic heterocycles. The lowest BCUT2D eigenvalue weighted by atomic mass is 10.1. The Labute approximate surface area is 118 Å². The molecule has 0 saturated carbocycles. The molecule has 1 N–H and O–H groups in total. The molecule has 0 saturated heterocycles. The lowest BCUT2D eigenvalue weighted by Crippen LogP contribution is -2.19. The van der Waals surface area contributed by atoms with E-state index in [9.17, 15) is 0 Å². The highest BCUT2D eigenvalue weighted by molar-refractivity contribution is 5.30. The van der Waals surface area contributed by atoms with Crippen molar-refractivity contribution in [1.82, 2.24) is 5.32 Å². The molecule has 2 heteroatoms. The molecule has 1 aromatic rings. The van der Waals surface area contributed by atoms with Crippen molar-refractivity contribution < 1.29 is 4.74 Å². The largest absolute Gasteiger partial charge is 0.493 e. The second-order valence-corrected chi connectivity index (χ2v) is 5.24. The van der Waals surface area contributed by atoms with E-state index in [1.165, 1.54) is 18.4 Å². The Morgan fingerprint density at radius 3 is 2.53 bits per heavy atom. The monoisotopic (exact) mass is 263 g/mol. The first-order valence-electron chi connectivity index (χ1n) is 7.67. The van der Waals surface area contributed by atoms with Crippen LogP contribution in [-0.2, 0) is 0 Å². The molecule has 0 spiro atoms. The summed E-state index contributed by atoms with van der Waals surface area (Å²) in [6.07, 6.45) is 3.53. The Bertz CT molecular complexity index is 347. The molecule has 1 rings (SSSR count). The van der Waals surface area contributed by atoms with Crippen molar-refractivity contribution in [2.75, 3.05) is 13.2 Å². The van der Waals surface area contributed by atoms with Gasteiger partial charge in [-0.1, -0.05) is 45.7 Å². The number of nitrogens with one attached hydrogen (secondary N) is 1. The summed E-state index contributed by atoms with van der Waals surface area (Å²) in [5.41, 5.74) is 1.30. The number of hydrogen-bond acceptors (Lipinski definition) is 2. The first kappa shape index (κ1) is 16.0. The van der Waals surface area contributed by atoms with Gasteiger partial charge in [-0.25, -0.2) is 0 Å². The molecule has 1 atom stereocenters. The molecule has 108 valence electrons. The van der Waals surface area contributed by atoms with Gasteiger partial charge < -0.3 is 10.1 Å². The Morgan fingerprint density at radius 2 is 1.89 bits per heavy atom. The molecule has 0 bridgehead atoms. The Balaban J connectivity index is 2.56. The van der Waals surface area contributed by atoms with Gasteiger partial charge >= 0.3 is 0 Å². The van der Waals surface area contributed by atoms with Crippen LogP contribution in [0.5, 0.6) is 5.75 Å². The fourth-order valence-electron chi connectivity index (χ4n) is 2.09. The third kappa shape index (κ3) is 5.65. The molecule has 0 heterocycles. The van der Waals surface area contributed by atoms with Crippen LogP contribution in [0.3, 0.4) is 0 Å². The first-order valence-corrected chi connectivity index (χ1v) is 7.67. The van der Waals surface area contributed by atoms with Gasteiger partial charge in [-0.2, -0.15) is 0 Å². The standard InChI is InChI=1S/C17H29NO/c1-5-11-18-14(4)16-9-8-10-17(12-16)19-13-15(6-2)7-3/h8-10,12,14-15,18H,5-7,11,13H2,1-4H3. The predicted octanol–water partition coefficient (Wildman–Crippen LogP) is 4.56. The van der Waals surface area contributed by atoms with Crippen LogP contribution in [0.1, 0.15) is 58.6 Å².